The van der Waals surface area contributed by atoms with Crippen molar-refractivity contribution in [3.8, 4) is 0 Å². The molecule has 0 radical (unpaired) electrons. The Labute approximate surface area is 114 Å². The van der Waals surface area contributed by atoms with Crippen LogP contribution in [0.4, 0.5) is 10.2 Å². The summed E-state index contributed by atoms with van der Waals surface area (Å²) in [5.74, 6) is -1.96. The molecular formula is C12H9FN2O4S. The van der Waals surface area contributed by atoms with Gasteiger partial charge >= 0.3 is 5.97 Å². The van der Waals surface area contributed by atoms with E-state index in [-0.39, 0.29) is 16.4 Å². The van der Waals surface area contributed by atoms with Gasteiger partial charge in [0.2, 0.25) is 0 Å². The van der Waals surface area contributed by atoms with E-state index in [0.29, 0.717) is 0 Å². The number of carbonyl (C=O) groups is 1. The summed E-state index contributed by atoms with van der Waals surface area (Å²) in [4.78, 5) is 14.2. The van der Waals surface area contributed by atoms with Crippen molar-refractivity contribution < 1.29 is 22.7 Å². The molecule has 104 valence electrons. The number of benzene rings is 1. The second kappa shape index (κ2) is 5.25. The molecule has 0 saturated heterocycles. The van der Waals surface area contributed by atoms with Crippen LogP contribution in [0.1, 0.15) is 10.5 Å². The van der Waals surface area contributed by atoms with E-state index < -0.39 is 21.8 Å². The number of pyridine rings is 1. The van der Waals surface area contributed by atoms with Gasteiger partial charge in [-0.1, -0.05) is 6.07 Å². The second-order valence-corrected chi connectivity index (χ2v) is 5.46. The molecule has 0 atom stereocenters. The molecule has 8 heteroatoms. The third-order valence-electron chi connectivity index (χ3n) is 2.33. The quantitative estimate of drug-likeness (QED) is 0.895. The minimum atomic E-state index is -3.94. The molecule has 20 heavy (non-hydrogen) atoms. The molecule has 1 heterocycles. The van der Waals surface area contributed by atoms with Gasteiger partial charge in [0.15, 0.2) is 5.69 Å². The van der Waals surface area contributed by atoms with E-state index in [1.165, 1.54) is 18.2 Å². The van der Waals surface area contributed by atoms with E-state index in [2.05, 4.69) is 9.71 Å². The summed E-state index contributed by atoms with van der Waals surface area (Å²) in [5.41, 5.74) is -0.288. The molecule has 0 spiro atoms. The van der Waals surface area contributed by atoms with Crippen LogP contribution < -0.4 is 4.72 Å². The summed E-state index contributed by atoms with van der Waals surface area (Å²) in [6.07, 6.45) is 0. The van der Waals surface area contributed by atoms with Crippen LogP contribution in [-0.2, 0) is 10.0 Å². The highest BCUT2D eigenvalue weighted by Crippen LogP contribution is 2.15. The SMILES string of the molecule is O=C(O)c1cccc(NS(=O)(=O)c2ccc(F)cc2)n1. The lowest BCUT2D eigenvalue weighted by Crippen LogP contribution is -2.15. The molecule has 2 N–H and O–H groups in total. The molecule has 0 fully saturated rings. The fraction of sp³-hybridized carbons (Fsp3) is 0. The summed E-state index contributed by atoms with van der Waals surface area (Å²) in [7, 11) is -3.94. The molecule has 6 nitrogen and oxygen atoms in total. The van der Waals surface area contributed by atoms with Crippen LogP contribution >= 0.6 is 0 Å². The smallest absolute Gasteiger partial charge is 0.354 e. The van der Waals surface area contributed by atoms with Gasteiger partial charge in [0.05, 0.1) is 4.90 Å². The van der Waals surface area contributed by atoms with Gasteiger partial charge in [-0.25, -0.2) is 22.6 Å². The van der Waals surface area contributed by atoms with Gasteiger partial charge in [-0.3, -0.25) is 4.72 Å². The third kappa shape index (κ3) is 3.09. The Balaban J connectivity index is 2.31. The molecule has 1 aromatic carbocycles. The van der Waals surface area contributed by atoms with Crippen molar-refractivity contribution in [2.24, 2.45) is 0 Å². The molecule has 0 aliphatic rings. The van der Waals surface area contributed by atoms with E-state index in [1.54, 1.807) is 0 Å². The number of hydrogen-bond donors (Lipinski definition) is 2. The van der Waals surface area contributed by atoms with E-state index >= 15 is 0 Å². The summed E-state index contributed by atoms with van der Waals surface area (Å²) in [6, 6.07) is 8.12. The maximum Gasteiger partial charge on any atom is 0.354 e. The van der Waals surface area contributed by atoms with Crippen molar-refractivity contribution in [3.05, 3.63) is 54.0 Å². The van der Waals surface area contributed by atoms with E-state index in [9.17, 15) is 17.6 Å². The van der Waals surface area contributed by atoms with Crippen LogP contribution in [0, 0.1) is 5.82 Å². The lowest BCUT2D eigenvalue weighted by Gasteiger charge is -2.07. The zero-order valence-electron chi connectivity index (χ0n) is 9.95. The number of anilines is 1. The fourth-order valence-corrected chi connectivity index (χ4v) is 2.42. The van der Waals surface area contributed by atoms with Crippen LogP contribution in [0.3, 0.4) is 0 Å². The summed E-state index contributed by atoms with van der Waals surface area (Å²) < 4.78 is 38.8. The maximum atomic E-state index is 12.8. The van der Waals surface area contributed by atoms with Crippen LogP contribution in [0.15, 0.2) is 47.4 Å². The number of hydrogen-bond acceptors (Lipinski definition) is 4. The normalized spacial score (nSPS) is 11.1. The van der Waals surface area contributed by atoms with E-state index in [4.69, 9.17) is 5.11 Å². The number of nitrogens with zero attached hydrogens (tertiary/aromatic N) is 1. The van der Waals surface area contributed by atoms with Gasteiger partial charge in [0.1, 0.15) is 11.6 Å². The first-order valence-corrected chi connectivity index (χ1v) is 6.85. The average molecular weight is 296 g/mol. The number of aromatic nitrogens is 1. The van der Waals surface area contributed by atoms with Gasteiger partial charge in [-0.05, 0) is 36.4 Å². The Kier molecular flexibility index (Phi) is 3.66. The molecule has 0 aliphatic carbocycles. The Morgan fingerprint density at radius 1 is 1.15 bits per heavy atom. The Hall–Kier alpha value is -2.48. The van der Waals surface area contributed by atoms with Crippen LogP contribution in [-0.4, -0.2) is 24.5 Å². The first-order chi connectivity index (χ1) is 9.38. The zero-order chi connectivity index (χ0) is 14.8. The fourth-order valence-electron chi connectivity index (χ4n) is 1.42. The van der Waals surface area contributed by atoms with E-state index in [0.717, 1.165) is 24.3 Å². The summed E-state index contributed by atoms with van der Waals surface area (Å²) >= 11 is 0. The molecule has 0 amide bonds. The first kappa shape index (κ1) is 13.9. The third-order valence-corrected chi connectivity index (χ3v) is 3.70. The Morgan fingerprint density at radius 2 is 1.80 bits per heavy atom. The van der Waals surface area contributed by atoms with Crippen molar-refractivity contribution in [2.75, 3.05) is 4.72 Å². The predicted octanol–water partition coefficient (Wildman–Crippen LogP) is 1.72. The van der Waals surface area contributed by atoms with Crippen LogP contribution in [0.5, 0.6) is 0 Å². The molecule has 1 aromatic heterocycles. The van der Waals surface area contributed by atoms with Crippen molar-refractivity contribution >= 4 is 21.8 Å². The average Bonchev–Trinajstić information content (AvgIpc) is 2.39. The number of rotatable bonds is 4. The highest BCUT2D eigenvalue weighted by Gasteiger charge is 2.15. The molecule has 2 rings (SSSR count). The first-order valence-electron chi connectivity index (χ1n) is 5.37. The minimum absolute atomic E-state index is 0.130. The lowest BCUT2D eigenvalue weighted by molar-refractivity contribution is 0.0690. The highest BCUT2D eigenvalue weighted by atomic mass is 32.2. The van der Waals surface area contributed by atoms with Crippen LogP contribution in [0.25, 0.3) is 0 Å². The number of nitrogens with one attached hydrogen (secondary N) is 1. The van der Waals surface area contributed by atoms with Gasteiger partial charge in [-0.2, -0.15) is 0 Å². The highest BCUT2D eigenvalue weighted by molar-refractivity contribution is 7.92. The molecule has 0 saturated carbocycles. The Bertz CT molecular complexity index is 744. The van der Waals surface area contributed by atoms with Crippen molar-refractivity contribution in [1.29, 1.82) is 0 Å². The number of sulfonamides is 1. The topological polar surface area (TPSA) is 96.4 Å². The zero-order valence-corrected chi connectivity index (χ0v) is 10.8. The number of carboxylic acids is 1. The second-order valence-electron chi connectivity index (χ2n) is 3.77. The largest absolute Gasteiger partial charge is 0.477 e. The summed E-state index contributed by atoms with van der Waals surface area (Å²) in [6.45, 7) is 0. The van der Waals surface area contributed by atoms with Gasteiger partial charge in [0, 0.05) is 0 Å². The number of halogens is 1. The van der Waals surface area contributed by atoms with Crippen molar-refractivity contribution in [2.45, 2.75) is 4.90 Å². The summed E-state index contributed by atoms with van der Waals surface area (Å²) in [5, 5.41) is 8.77. The van der Waals surface area contributed by atoms with Crippen LogP contribution in [0.2, 0.25) is 0 Å². The van der Waals surface area contributed by atoms with Gasteiger partial charge in [-0.15, -0.1) is 0 Å². The Morgan fingerprint density at radius 3 is 2.40 bits per heavy atom. The molecule has 0 bridgehead atoms. The standard InChI is InChI=1S/C12H9FN2O4S/c13-8-4-6-9(7-5-8)20(18,19)15-11-3-1-2-10(14-11)12(16)17/h1-7H,(H,14,15)(H,16,17). The molecule has 0 aliphatic heterocycles. The van der Waals surface area contributed by atoms with Gasteiger partial charge < -0.3 is 5.11 Å². The monoisotopic (exact) mass is 296 g/mol. The predicted molar refractivity (Wildman–Crippen MR) is 68.4 cm³/mol. The maximum absolute atomic E-state index is 12.8. The molecule has 0 unspecified atom stereocenters. The van der Waals surface area contributed by atoms with Crippen molar-refractivity contribution in [3.63, 3.8) is 0 Å². The van der Waals surface area contributed by atoms with Gasteiger partial charge in [0.25, 0.3) is 10.0 Å². The number of carboxylic acid groups (broad SMARTS) is 1. The minimum Gasteiger partial charge on any atom is -0.477 e. The number of aromatic carboxylic acids is 1. The lowest BCUT2D eigenvalue weighted by atomic mass is 10.3. The molecular weight excluding hydrogens is 287 g/mol. The van der Waals surface area contributed by atoms with Crippen molar-refractivity contribution in [1.82, 2.24) is 4.98 Å². The molecule has 2 aromatic rings. The van der Waals surface area contributed by atoms with E-state index in [1.807, 2.05) is 0 Å².